The van der Waals surface area contributed by atoms with Crippen molar-refractivity contribution in [2.75, 3.05) is 7.11 Å². The third-order valence-corrected chi connectivity index (χ3v) is 4.55. The van der Waals surface area contributed by atoms with Gasteiger partial charge < -0.3 is 14.8 Å². The Bertz CT molecular complexity index is 712. The lowest BCUT2D eigenvalue weighted by Crippen LogP contribution is -2.26. The van der Waals surface area contributed by atoms with Gasteiger partial charge in [0.2, 0.25) is 0 Å². The quantitative estimate of drug-likeness (QED) is 0.866. The molecule has 0 unspecified atom stereocenters. The van der Waals surface area contributed by atoms with Crippen molar-refractivity contribution in [3.05, 3.63) is 53.9 Å². The molecule has 0 aliphatic heterocycles. The third-order valence-electron chi connectivity index (χ3n) is 4.55. The predicted molar refractivity (Wildman–Crippen MR) is 96.0 cm³/mol. The van der Waals surface area contributed by atoms with Crippen molar-refractivity contribution in [3.63, 3.8) is 0 Å². The molecule has 25 heavy (non-hydrogen) atoms. The number of benzene rings is 1. The van der Waals surface area contributed by atoms with Crippen LogP contribution in [0.2, 0.25) is 0 Å². The summed E-state index contributed by atoms with van der Waals surface area (Å²) in [5.41, 5.74) is 1.51. The summed E-state index contributed by atoms with van der Waals surface area (Å²) in [4.78, 5) is 16.6. The van der Waals surface area contributed by atoms with Crippen molar-refractivity contribution in [2.24, 2.45) is 0 Å². The number of rotatable bonds is 6. The molecule has 0 bridgehead atoms. The molecule has 5 heteroatoms. The number of aromatic nitrogens is 1. The Hall–Kier alpha value is -2.56. The molecule has 1 N–H and O–H groups in total. The SMILES string of the molecule is COc1cc(C(=O)N[C@H](C)c2cccnc2)ccc1OC1CCCC1. The van der Waals surface area contributed by atoms with Crippen molar-refractivity contribution in [3.8, 4) is 11.5 Å². The fraction of sp³-hybridized carbons (Fsp3) is 0.400. The highest BCUT2D eigenvalue weighted by molar-refractivity contribution is 5.95. The fourth-order valence-electron chi connectivity index (χ4n) is 3.09. The average molecular weight is 340 g/mol. The zero-order chi connectivity index (χ0) is 17.6. The van der Waals surface area contributed by atoms with E-state index in [9.17, 15) is 4.79 Å². The molecule has 1 heterocycles. The van der Waals surface area contributed by atoms with Crippen LogP contribution in [0.5, 0.6) is 11.5 Å². The normalized spacial score (nSPS) is 15.6. The van der Waals surface area contributed by atoms with E-state index in [1.54, 1.807) is 31.6 Å². The van der Waals surface area contributed by atoms with Crippen molar-refractivity contribution in [2.45, 2.75) is 44.8 Å². The topological polar surface area (TPSA) is 60.5 Å². The molecule has 1 amide bonds. The number of methoxy groups -OCH3 is 1. The van der Waals surface area contributed by atoms with E-state index < -0.39 is 0 Å². The number of pyridine rings is 1. The second kappa shape index (κ2) is 8.01. The number of nitrogens with zero attached hydrogens (tertiary/aromatic N) is 1. The summed E-state index contributed by atoms with van der Waals surface area (Å²) in [6.45, 7) is 1.93. The lowest BCUT2D eigenvalue weighted by Gasteiger charge is -2.17. The Morgan fingerprint density at radius 2 is 2.04 bits per heavy atom. The van der Waals surface area contributed by atoms with Gasteiger partial charge in [-0.05, 0) is 62.4 Å². The van der Waals surface area contributed by atoms with Gasteiger partial charge in [0.15, 0.2) is 11.5 Å². The highest BCUT2D eigenvalue weighted by Gasteiger charge is 2.19. The van der Waals surface area contributed by atoms with Crippen LogP contribution in [0.4, 0.5) is 0 Å². The van der Waals surface area contributed by atoms with Gasteiger partial charge in [0, 0.05) is 18.0 Å². The van der Waals surface area contributed by atoms with E-state index in [1.807, 2.05) is 25.1 Å². The Labute approximate surface area is 148 Å². The molecule has 1 aromatic heterocycles. The van der Waals surface area contributed by atoms with E-state index in [4.69, 9.17) is 9.47 Å². The minimum absolute atomic E-state index is 0.124. The van der Waals surface area contributed by atoms with Crippen molar-refractivity contribution < 1.29 is 14.3 Å². The van der Waals surface area contributed by atoms with Crippen LogP contribution >= 0.6 is 0 Å². The minimum Gasteiger partial charge on any atom is -0.493 e. The van der Waals surface area contributed by atoms with Gasteiger partial charge in [0.25, 0.3) is 5.91 Å². The zero-order valence-corrected chi connectivity index (χ0v) is 14.7. The molecule has 5 nitrogen and oxygen atoms in total. The highest BCUT2D eigenvalue weighted by Crippen LogP contribution is 2.32. The summed E-state index contributed by atoms with van der Waals surface area (Å²) >= 11 is 0. The molecular weight excluding hydrogens is 316 g/mol. The van der Waals surface area contributed by atoms with Crippen LogP contribution in [-0.4, -0.2) is 24.1 Å². The molecule has 0 radical (unpaired) electrons. The minimum atomic E-state index is -0.151. The van der Waals surface area contributed by atoms with Gasteiger partial charge in [-0.2, -0.15) is 0 Å². The lowest BCUT2D eigenvalue weighted by atomic mass is 10.1. The molecule has 1 aliphatic rings. The van der Waals surface area contributed by atoms with Crippen molar-refractivity contribution in [1.29, 1.82) is 0 Å². The largest absolute Gasteiger partial charge is 0.493 e. The molecule has 132 valence electrons. The molecule has 1 atom stereocenters. The Morgan fingerprint density at radius 3 is 2.72 bits per heavy atom. The number of nitrogens with one attached hydrogen (secondary N) is 1. The van der Waals surface area contributed by atoms with Gasteiger partial charge in [-0.15, -0.1) is 0 Å². The molecule has 1 fully saturated rings. The van der Waals surface area contributed by atoms with Gasteiger partial charge in [0.05, 0.1) is 19.3 Å². The average Bonchev–Trinajstić information content (AvgIpc) is 3.15. The molecule has 0 spiro atoms. The fourth-order valence-corrected chi connectivity index (χ4v) is 3.09. The highest BCUT2D eigenvalue weighted by atomic mass is 16.5. The summed E-state index contributed by atoms with van der Waals surface area (Å²) in [5, 5.41) is 2.98. The molecule has 1 aromatic carbocycles. The summed E-state index contributed by atoms with van der Waals surface area (Å²) in [5.74, 6) is 1.14. The van der Waals surface area contributed by atoms with Gasteiger partial charge in [0.1, 0.15) is 0 Å². The van der Waals surface area contributed by atoms with Crippen LogP contribution < -0.4 is 14.8 Å². The smallest absolute Gasteiger partial charge is 0.251 e. The first-order valence-electron chi connectivity index (χ1n) is 8.73. The number of hydrogen-bond acceptors (Lipinski definition) is 4. The van der Waals surface area contributed by atoms with Crippen molar-refractivity contribution in [1.82, 2.24) is 10.3 Å². The molecule has 1 saturated carbocycles. The van der Waals surface area contributed by atoms with Crippen LogP contribution in [0.25, 0.3) is 0 Å². The van der Waals surface area contributed by atoms with Gasteiger partial charge in [-0.3, -0.25) is 9.78 Å². The molecule has 3 rings (SSSR count). The maximum Gasteiger partial charge on any atom is 0.251 e. The summed E-state index contributed by atoms with van der Waals surface area (Å²) < 4.78 is 11.4. The second-order valence-corrected chi connectivity index (χ2v) is 6.37. The van der Waals surface area contributed by atoms with Crippen LogP contribution in [0, 0.1) is 0 Å². The Kier molecular flexibility index (Phi) is 5.53. The number of amides is 1. The number of carbonyl (C=O) groups excluding carboxylic acids is 1. The van der Waals surface area contributed by atoms with E-state index in [1.165, 1.54) is 12.8 Å². The van der Waals surface area contributed by atoms with E-state index >= 15 is 0 Å². The van der Waals surface area contributed by atoms with Gasteiger partial charge >= 0.3 is 0 Å². The first-order chi connectivity index (χ1) is 12.2. The van der Waals surface area contributed by atoms with Crippen LogP contribution in [-0.2, 0) is 0 Å². The number of carbonyl (C=O) groups is 1. The number of hydrogen-bond donors (Lipinski definition) is 1. The van der Waals surface area contributed by atoms with Gasteiger partial charge in [-0.25, -0.2) is 0 Å². The van der Waals surface area contributed by atoms with E-state index in [2.05, 4.69) is 10.3 Å². The standard InChI is InChI=1S/C20H24N2O3/c1-14(16-6-5-11-21-13-16)22-20(23)15-9-10-18(19(12-15)24-2)25-17-7-3-4-8-17/h5-6,9-14,17H,3-4,7-8H2,1-2H3,(H,22,23)/t14-/m1/s1. The molecule has 1 aliphatic carbocycles. The zero-order valence-electron chi connectivity index (χ0n) is 14.7. The van der Waals surface area contributed by atoms with E-state index in [-0.39, 0.29) is 18.1 Å². The van der Waals surface area contributed by atoms with E-state index in [0.29, 0.717) is 17.1 Å². The monoisotopic (exact) mass is 340 g/mol. The van der Waals surface area contributed by atoms with Gasteiger partial charge in [-0.1, -0.05) is 6.07 Å². The Morgan fingerprint density at radius 1 is 1.24 bits per heavy atom. The lowest BCUT2D eigenvalue weighted by molar-refractivity contribution is 0.0939. The first-order valence-corrected chi connectivity index (χ1v) is 8.73. The Balaban J connectivity index is 1.70. The summed E-state index contributed by atoms with van der Waals surface area (Å²) in [6.07, 6.45) is 8.29. The number of ether oxygens (including phenoxy) is 2. The van der Waals surface area contributed by atoms with Crippen LogP contribution in [0.3, 0.4) is 0 Å². The molecule has 2 aromatic rings. The maximum atomic E-state index is 12.5. The first kappa shape index (κ1) is 17.3. The van der Waals surface area contributed by atoms with Crippen LogP contribution in [0.15, 0.2) is 42.7 Å². The van der Waals surface area contributed by atoms with Crippen molar-refractivity contribution >= 4 is 5.91 Å². The summed E-state index contributed by atoms with van der Waals surface area (Å²) in [6, 6.07) is 9.00. The molecule has 0 saturated heterocycles. The summed E-state index contributed by atoms with van der Waals surface area (Å²) in [7, 11) is 1.59. The third kappa shape index (κ3) is 4.29. The maximum absolute atomic E-state index is 12.5. The van der Waals surface area contributed by atoms with E-state index in [0.717, 1.165) is 18.4 Å². The predicted octanol–water partition coefficient (Wildman–Crippen LogP) is 3.90. The van der Waals surface area contributed by atoms with Crippen LogP contribution in [0.1, 0.15) is 54.6 Å². The molecular formula is C20H24N2O3. The second-order valence-electron chi connectivity index (χ2n) is 6.37.